The Hall–Kier alpha value is -0.270. The lowest BCUT2D eigenvalue weighted by molar-refractivity contribution is -0.122. The van der Waals surface area contributed by atoms with Crippen LogP contribution in [0.25, 0.3) is 0 Å². The Kier molecular flexibility index (Phi) is 8.05. The summed E-state index contributed by atoms with van der Waals surface area (Å²) in [5.74, 6) is -0.0233. The van der Waals surface area contributed by atoms with Crippen LogP contribution in [0.3, 0.4) is 0 Å². The van der Waals surface area contributed by atoms with Gasteiger partial charge in [-0.3, -0.25) is 4.79 Å². The second-order valence-electron chi connectivity index (χ2n) is 4.98. The first-order valence-electron chi connectivity index (χ1n) is 6.66. The highest BCUT2D eigenvalue weighted by Gasteiger charge is 2.27. The molecule has 1 fully saturated rings. The number of carbonyl (C=O) groups is 1. The number of hydrogen-bond donors (Lipinski definition) is 3. The van der Waals surface area contributed by atoms with Gasteiger partial charge in [-0.05, 0) is 30.7 Å². The van der Waals surface area contributed by atoms with Crippen LogP contribution in [0.5, 0.6) is 0 Å². The maximum absolute atomic E-state index is 11.9. The van der Waals surface area contributed by atoms with Crippen LogP contribution in [0.4, 0.5) is 0 Å². The number of carbonyl (C=O) groups excluding carboxylic acids is 1. The van der Waals surface area contributed by atoms with Gasteiger partial charge in [0.25, 0.3) is 0 Å². The van der Waals surface area contributed by atoms with Gasteiger partial charge in [0.1, 0.15) is 0 Å². The lowest BCUT2D eigenvalue weighted by Crippen LogP contribution is -2.42. The van der Waals surface area contributed by atoms with Crippen molar-refractivity contribution in [3.05, 3.63) is 28.7 Å². The summed E-state index contributed by atoms with van der Waals surface area (Å²) in [6, 6.07) is 7.88. The van der Waals surface area contributed by atoms with Crippen LogP contribution in [0, 0.1) is 0 Å². The molecule has 0 aromatic heterocycles. The Morgan fingerprint density at radius 1 is 1.52 bits per heavy atom. The van der Waals surface area contributed by atoms with Gasteiger partial charge >= 0.3 is 0 Å². The maximum Gasteiger partial charge on any atom is 0.237 e. The van der Waals surface area contributed by atoms with Crippen molar-refractivity contribution in [2.75, 3.05) is 13.1 Å². The summed E-state index contributed by atoms with van der Waals surface area (Å²) in [6.07, 6.45) is 0.0976. The second-order valence-corrected chi connectivity index (χ2v) is 7.41. The van der Waals surface area contributed by atoms with Gasteiger partial charge in [0.15, 0.2) is 0 Å². The molecule has 3 unspecified atom stereocenters. The van der Waals surface area contributed by atoms with E-state index >= 15 is 0 Å². The average Bonchev–Trinajstić information content (AvgIpc) is 2.85. The predicted octanol–water partition coefficient (Wildman–Crippen LogP) is 2.19. The van der Waals surface area contributed by atoms with Gasteiger partial charge in [0, 0.05) is 27.7 Å². The molecule has 0 aliphatic carbocycles. The van der Waals surface area contributed by atoms with Crippen molar-refractivity contribution in [2.45, 2.75) is 35.6 Å². The van der Waals surface area contributed by atoms with Gasteiger partial charge in [0.05, 0.1) is 12.1 Å². The molecule has 0 radical (unpaired) electrons. The largest absolute Gasteiger partial charge is 0.392 e. The average molecular weight is 396 g/mol. The summed E-state index contributed by atoms with van der Waals surface area (Å²) in [5, 5.41) is 15.6. The highest BCUT2D eigenvalue weighted by Crippen LogP contribution is 2.24. The van der Waals surface area contributed by atoms with Crippen LogP contribution in [0.15, 0.2) is 33.6 Å². The van der Waals surface area contributed by atoms with E-state index in [0.717, 1.165) is 4.47 Å². The summed E-state index contributed by atoms with van der Waals surface area (Å²) >= 11 is 5.14. The first-order valence-corrected chi connectivity index (χ1v) is 8.33. The molecule has 4 nitrogen and oxygen atoms in total. The van der Waals surface area contributed by atoms with E-state index < -0.39 is 6.10 Å². The van der Waals surface area contributed by atoms with Crippen LogP contribution in [-0.2, 0) is 4.79 Å². The minimum Gasteiger partial charge on any atom is -0.392 e. The van der Waals surface area contributed by atoms with Crippen molar-refractivity contribution in [1.29, 1.82) is 0 Å². The Balaban J connectivity index is 0.00000220. The van der Waals surface area contributed by atoms with Gasteiger partial charge in [-0.25, -0.2) is 0 Å². The molecule has 0 saturated carbocycles. The van der Waals surface area contributed by atoms with Gasteiger partial charge in [-0.2, -0.15) is 0 Å². The number of aliphatic hydroxyl groups excluding tert-OH is 1. The summed E-state index contributed by atoms with van der Waals surface area (Å²) in [4.78, 5) is 13.1. The molecule has 2 rings (SSSR count). The van der Waals surface area contributed by atoms with Crippen LogP contribution in [0.1, 0.15) is 13.3 Å². The minimum absolute atomic E-state index is 0. The molecule has 118 valence electrons. The Morgan fingerprint density at radius 3 is 2.76 bits per heavy atom. The van der Waals surface area contributed by atoms with Crippen molar-refractivity contribution < 1.29 is 9.90 Å². The quantitative estimate of drug-likeness (QED) is 0.669. The van der Waals surface area contributed by atoms with E-state index in [1.165, 1.54) is 4.90 Å². The van der Waals surface area contributed by atoms with Crippen molar-refractivity contribution >= 4 is 46.0 Å². The third-order valence-electron chi connectivity index (χ3n) is 3.14. The highest BCUT2D eigenvalue weighted by molar-refractivity contribution is 9.10. The Morgan fingerprint density at radius 2 is 2.19 bits per heavy atom. The first kappa shape index (κ1) is 18.8. The third kappa shape index (κ3) is 6.16. The molecular weight excluding hydrogens is 376 g/mol. The molecule has 1 heterocycles. The summed E-state index contributed by atoms with van der Waals surface area (Å²) in [7, 11) is 0. The van der Waals surface area contributed by atoms with Crippen molar-refractivity contribution in [3.8, 4) is 0 Å². The lowest BCUT2D eigenvalue weighted by Gasteiger charge is -2.15. The predicted molar refractivity (Wildman–Crippen MR) is 92.1 cm³/mol. The highest BCUT2D eigenvalue weighted by atomic mass is 79.9. The number of amides is 1. The molecule has 3 N–H and O–H groups in total. The van der Waals surface area contributed by atoms with Gasteiger partial charge < -0.3 is 15.7 Å². The summed E-state index contributed by atoms with van der Waals surface area (Å²) in [5.41, 5.74) is 0. The van der Waals surface area contributed by atoms with Crippen LogP contribution < -0.4 is 10.6 Å². The van der Waals surface area contributed by atoms with Gasteiger partial charge in [0.2, 0.25) is 5.91 Å². The molecule has 1 amide bonds. The van der Waals surface area contributed by atoms with Crippen LogP contribution in [0.2, 0.25) is 0 Å². The van der Waals surface area contributed by atoms with Crippen molar-refractivity contribution in [3.63, 3.8) is 0 Å². The van der Waals surface area contributed by atoms with Gasteiger partial charge in [-0.15, -0.1) is 24.2 Å². The number of hydrogen-bond acceptors (Lipinski definition) is 4. The fourth-order valence-electron chi connectivity index (χ4n) is 2.07. The smallest absolute Gasteiger partial charge is 0.237 e. The molecule has 1 aliphatic rings. The van der Waals surface area contributed by atoms with E-state index in [0.29, 0.717) is 24.8 Å². The Labute approximate surface area is 144 Å². The van der Waals surface area contributed by atoms with E-state index in [4.69, 9.17) is 0 Å². The molecule has 0 spiro atoms. The SMILES string of the molecule is CC(CNC(=O)C1CC(O)CN1)Sc1ccc(Br)cc1.Cl. The van der Waals surface area contributed by atoms with E-state index in [9.17, 15) is 9.90 Å². The van der Waals surface area contributed by atoms with Gasteiger partial charge in [-0.1, -0.05) is 22.9 Å². The van der Waals surface area contributed by atoms with Crippen LogP contribution in [-0.4, -0.2) is 41.5 Å². The number of β-amino-alcohol motifs (C(OH)–C–C–N with tert-alkyl or cyclic N) is 1. The van der Waals surface area contributed by atoms with Crippen LogP contribution >= 0.6 is 40.1 Å². The number of aliphatic hydroxyl groups is 1. The third-order valence-corrected chi connectivity index (χ3v) is 4.78. The molecule has 1 aromatic carbocycles. The summed E-state index contributed by atoms with van der Waals surface area (Å²) in [6.45, 7) is 3.21. The van der Waals surface area contributed by atoms with E-state index in [2.05, 4.69) is 45.6 Å². The monoisotopic (exact) mass is 394 g/mol. The number of thioether (sulfide) groups is 1. The standard InChI is InChI=1S/C14H19BrN2O2S.ClH/c1-9(20-12-4-2-10(15)3-5-12)7-17-14(19)13-6-11(18)8-16-13;/h2-5,9,11,13,16,18H,6-8H2,1H3,(H,17,19);1H. The van der Waals surface area contributed by atoms with E-state index in [-0.39, 0.29) is 24.4 Å². The first-order chi connectivity index (χ1) is 9.54. The van der Waals surface area contributed by atoms with Crippen molar-refractivity contribution in [2.24, 2.45) is 0 Å². The topological polar surface area (TPSA) is 61.4 Å². The molecule has 1 aliphatic heterocycles. The molecule has 7 heteroatoms. The van der Waals surface area contributed by atoms with E-state index in [1.807, 2.05) is 12.1 Å². The minimum atomic E-state index is -0.402. The molecule has 1 saturated heterocycles. The fraction of sp³-hybridized carbons (Fsp3) is 0.500. The number of benzene rings is 1. The summed E-state index contributed by atoms with van der Waals surface area (Å²) < 4.78 is 1.06. The zero-order valence-electron chi connectivity index (χ0n) is 11.7. The zero-order chi connectivity index (χ0) is 14.5. The number of halogens is 2. The molecule has 1 aromatic rings. The molecular formula is C14H20BrClN2O2S. The molecule has 21 heavy (non-hydrogen) atoms. The molecule has 0 bridgehead atoms. The maximum atomic E-state index is 11.9. The zero-order valence-corrected chi connectivity index (χ0v) is 14.9. The number of nitrogens with one attached hydrogen (secondary N) is 2. The fourth-order valence-corrected chi connectivity index (χ4v) is 3.26. The van der Waals surface area contributed by atoms with E-state index in [1.54, 1.807) is 11.8 Å². The molecule has 3 atom stereocenters. The Bertz CT molecular complexity index is 461. The van der Waals surface area contributed by atoms with Crippen molar-refractivity contribution in [1.82, 2.24) is 10.6 Å². The lowest BCUT2D eigenvalue weighted by atomic mass is 10.2. The number of rotatable bonds is 5. The second kappa shape index (κ2) is 9.00. The normalized spacial score (nSPS) is 22.4.